The number of amides is 1. The Morgan fingerprint density at radius 2 is 1.96 bits per heavy atom. The molecule has 0 aliphatic carbocycles. The van der Waals surface area contributed by atoms with Gasteiger partial charge in [0.05, 0.1) is 11.6 Å². The molecule has 0 bridgehead atoms. The van der Waals surface area contributed by atoms with E-state index in [0.29, 0.717) is 18.7 Å². The second kappa shape index (κ2) is 9.29. The van der Waals surface area contributed by atoms with Gasteiger partial charge in [-0.3, -0.25) is 4.79 Å². The quantitative estimate of drug-likeness (QED) is 0.692. The summed E-state index contributed by atoms with van der Waals surface area (Å²) in [5.41, 5.74) is 2.64. The number of rotatable bonds is 8. The van der Waals surface area contributed by atoms with Crippen LogP contribution in [0.5, 0.6) is 5.75 Å². The zero-order valence-electron chi connectivity index (χ0n) is 14.4. The number of hydrogen-bond donors (Lipinski definition) is 0. The van der Waals surface area contributed by atoms with E-state index in [1.165, 1.54) is 0 Å². The Morgan fingerprint density at radius 1 is 1.24 bits per heavy atom. The number of carbonyl (C=O) groups excluding carboxylic acids is 1. The second-order valence-corrected chi connectivity index (χ2v) is 5.62. The number of benzene rings is 2. The van der Waals surface area contributed by atoms with Crippen LogP contribution in [0.25, 0.3) is 0 Å². The van der Waals surface area contributed by atoms with Crippen LogP contribution in [0.15, 0.2) is 61.2 Å². The number of carbonyl (C=O) groups is 1. The van der Waals surface area contributed by atoms with Gasteiger partial charge in [0.25, 0.3) is 5.91 Å². The first-order chi connectivity index (χ1) is 12.2. The molecule has 0 aliphatic heterocycles. The van der Waals surface area contributed by atoms with Gasteiger partial charge in [0.15, 0.2) is 6.61 Å². The number of nitriles is 1. The Kier molecular flexibility index (Phi) is 6.79. The van der Waals surface area contributed by atoms with Gasteiger partial charge in [0.2, 0.25) is 0 Å². The van der Waals surface area contributed by atoms with Crippen LogP contribution in [0, 0.1) is 11.3 Å². The number of ether oxygens (including phenoxy) is 1. The smallest absolute Gasteiger partial charge is 0.261 e. The molecule has 128 valence electrons. The zero-order valence-corrected chi connectivity index (χ0v) is 14.4. The molecule has 0 atom stereocenters. The van der Waals surface area contributed by atoms with Gasteiger partial charge >= 0.3 is 0 Å². The molecule has 0 unspecified atom stereocenters. The van der Waals surface area contributed by atoms with Crippen molar-refractivity contribution in [3.05, 3.63) is 77.9 Å². The van der Waals surface area contributed by atoms with Crippen molar-refractivity contribution < 1.29 is 9.53 Å². The van der Waals surface area contributed by atoms with E-state index >= 15 is 0 Å². The molecule has 0 N–H and O–H groups in total. The maximum atomic E-state index is 12.5. The van der Waals surface area contributed by atoms with Crippen LogP contribution in [-0.4, -0.2) is 24.0 Å². The molecule has 2 rings (SSSR count). The average Bonchev–Trinajstić information content (AvgIpc) is 2.66. The third-order valence-corrected chi connectivity index (χ3v) is 3.86. The molecule has 4 nitrogen and oxygen atoms in total. The molecule has 0 saturated heterocycles. The summed E-state index contributed by atoms with van der Waals surface area (Å²) < 4.78 is 5.72. The summed E-state index contributed by atoms with van der Waals surface area (Å²) in [6.07, 6.45) is 2.55. The van der Waals surface area contributed by atoms with Crippen molar-refractivity contribution in [1.29, 1.82) is 5.26 Å². The van der Waals surface area contributed by atoms with Crippen LogP contribution >= 0.6 is 0 Å². The van der Waals surface area contributed by atoms with Crippen LogP contribution < -0.4 is 4.74 Å². The van der Waals surface area contributed by atoms with Gasteiger partial charge in [-0.05, 0) is 35.7 Å². The fraction of sp³-hybridized carbons (Fsp3) is 0.238. The summed E-state index contributed by atoms with van der Waals surface area (Å²) >= 11 is 0. The van der Waals surface area contributed by atoms with Crippen molar-refractivity contribution in [2.24, 2.45) is 0 Å². The van der Waals surface area contributed by atoms with Crippen LogP contribution in [-0.2, 0) is 17.8 Å². The third-order valence-electron chi connectivity index (χ3n) is 3.86. The topological polar surface area (TPSA) is 53.3 Å². The van der Waals surface area contributed by atoms with E-state index in [0.717, 1.165) is 23.3 Å². The Hall–Kier alpha value is -3.06. The van der Waals surface area contributed by atoms with Crippen molar-refractivity contribution >= 4 is 5.91 Å². The minimum Gasteiger partial charge on any atom is -0.483 e. The van der Waals surface area contributed by atoms with E-state index in [9.17, 15) is 4.79 Å². The number of para-hydroxylation sites is 1. The van der Waals surface area contributed by atoms with Gasteiger partial charge in [-0.1, -0.05) is 43.3 Å². The van der Waals surface area contributed by atoms with Crippen LogP contribution in [0.3, 0.4) is 0 Å². The molecular formula is C21H22N2O2. The van der Waals surface area contributed by atoms with E-state index in [1.54, 1.807) is 23.1 Å². The zero-order chi connectivity index (χ0) is 18.1. The van der Waals surface area contributed by atoms with Crippen LogP contribution in [0.2, 0.25) is 0 Å². The molecule has 0 radical (unpaired) electrons. The largest absolute Gasteiger partial charge is 0.483 e. The maximum absolute atomic E-state index is 12.5. The SMILES string of the molecule is C=CCN(Cc1ccc(C#N)cc1)C(=O)COc1ccccc1CC. The Balaban J connectivity index is 2.01. The van der Waals surface area contributed by atoms with Crippen molar-refractivity contribution in [1.82, 2.24) is 4.90 Å². The monoisotopic (exact) mass is 334 g/mol. The van der Waals surface area contributed by atoms with Gasteiger partial charge < -0.3 is 9.64 Å². The third kappa shape index (κ3) is 5.22. The molecule has 0 aromatic heterocycles. The Bertz CT molecular complexity index is 760. The highest BCUT2D eigenvalue weighted by molar-refractivity contribution is 5.78. The van der Waals surface area contributed by atoms with E-state index < -0.39 is 0 Å². The molecule has 0 heterocycles. The lowest BCUT2D eigenvalue weighted by Gasteiger charge is -2.22. The number of nitrogens with zero attached hydrogens (tertiary/aromatic N) is 2. The molecule has 0 fully saturated rings. The first-order valence-electron chi connectivity index (χ1n) is 8.26. The summed E-state index contributed by atoms with van der Waals surface area (Å²) in [6, 6.07) is 17.0. The second-order valence-electron chi connectivity index (χ2n) is 5.62. The lowest BCUT2D eigenvalue weighted by molar-refractivity contribution is -0.133. The highest BCUT2D eigenvalue weighted by Crippen LogP contribution is 2.18. The first kappa shape index (κ1) is 18.3. The molecule has 0 aliphatic rings. The molecular weight excluding hydrogens is 312 g/mol. The summed E-state index contributed by atoms with van der Waals surface area (Å²) in [5.74, 6) is 0.644. The van der Waals surface area contributed by atoms with Crippen molar-refractivity contribution in [2.45, 2.75) is 19.9 Å². The van der Waals surface area contributed by atoms with Gasteiger partial charge in [0.1, 0.15) is 5.75 Å². The number of aryl methyl sites for hydroxylation is 1. The van der Waals surface area contributed by atoms with E-state index in [4.69, 9.17) is 10.00 Å². The minimum absolute atomic E-state index is 0.0128. The fourth-order valence-corrected chi connectivity index (χ4v) is 2.48. The summed E-state index contributed by atoms with van der Waals surface area (Å²) in [5, 5.41) is 8.86. The van der Waals surface area contributed by atoms with Crippen LogP contribution in [0.4, 0.5) is 0 Å². The molecule has 25 heavy (non-hydrogen) atoms. The number of hydrogen-bond acceptors (Lipinski definition) is 3. The molecule has 2 aromatic rings. The summed E-state index contributed by atoms with van der Waals surface area (Å²) in [4.78, 5) is 14.2. The Labute approximate surface area is 149 Å². The Morgan fingerprint density at radius 3 is 2.60 bits per heavy atom. The maximum Gasteiger partial charge on any atom is 0.261 e. The highest BCUT2D eigenvalue weighted by Gasteiger charge is 2.14. The van der Waals surface area contributed by atoms with Crippen molar-refractivity contribution in [2.75, 3.05) is 13.2 Å². The predicted molar refractivity (Wildman–Crippen MR) is 98.1 cm³/mol. The van der Waals surface area contributed by atoms with E-state index in [-0.39, 0.29) is 12.5 Å². The standard InChI is InChI=1S/C21H22N2O2/c1-3-13-23(15-18-11-9-17(14-22)10-12-18)21(24)16-25-20-8-6-5-7-19(20)4-2/h3,5-12H,1,4,13,15-16H2,2H3. The van der Waals surface area contributed by atoms with Crippen LogP contribution in [0.1, 0.15) is 23.6 Å². The van der Waals surface area contributed by atoms with E-state index in [2.05, 4.69) is 19.6 Å². The normalized spacial score (nSPS) is 9.92. The van der Waals surface area contributed by atoms with Gasteiger partial charge in [-0.2, -0.15) is 5.26 Å². The van der Waals surface area contributed by atoms with Crippen molar-refractivity contribution in [3.63, 3.8) is 0 Å². The summed E-state index contributed by atoms with van der Waals surface area (Å²) in [6.45, 7) is 6.66. The predicted octanol–water partition coefficient (Wildman–Crippen LogP) is 3.71. The molecule has 0 saturated carbocycles. The molecule has 0 spiro atoms. The molecule has 1 amide bonds. The minimum atomic E-state index is -0.102. The van der Waals surface area contributed by atoms with Gasteiger partial charge in [-0.15, -0.1) is 6.58 Å². The highest BCUT2D eigenvalue weighted by atomic mass is 16.5. The fourth-order valence-electron chi connectivity index (χ4n) is 2.48. The van der Waals surface area contributed by atoms with E-state index in [1.807, 2.05) is 36.4 Å². The van der Waals surface area contributed by atoms with Gasteiger partial charge in [-0.25, -0.2) is 0 Å². The molecule has 4 heteroatoms. The first-order valence-corrected chi connectivity index (χ1v) is 8.26. The lowest BCUT2D eigenvalue weighted by atomic mass is 10.1. The molecule has 2 aromatic carbocycles. The van der Waals surface area contributed by atoms with Crippen molar-refractivity contribution in [3.8, 4) is 11.8 Å². The average molecular weight is 334 g/mol. The summed E-state index contributed by atoms with van der Waals surface area (Å²) in [7, 11) is 0. The lowest BCUT2D eigenvalue weighted by Crippen LogP contribution is -2.34. The van der Waals surface area contributed by atoms with Gasteiger partial charge in [0, 0.05) is 13.1 Å².